The number of ether oxygens (including phenoxy) is 2. The minimum absolute atomic E-state index is 0.204. The summed E-state index contributed by atoms with van der Waals surface area (Å²) >= 11 is 7.38. The van der Waals surface area contributed by atoms with Crippen molar-refractivity contribution < 1.29 is 14.3 Å². The number of carbonyl (C=O) groups excluding carboxylic acids is 1. The number of nitrogens with one attached hydrogen (secondary N) is 1. The first-order valence-electron chi connectivity index (χ1n) is 8.04. The number of hydrogen-bond acceptors (Lipinski definition) is 5. The fourth-order valence-electron chi connectivity index (χ4n) is 2.66. The van der Waals surface area contributed by atoms with Gasteiger partial charge in [0.15, 0.2) is 11.5 Å². The Hall–Kier alpha value is -2.57. The molecule has 1 aliphatic rings. The average molecular weight is 387 g/mol. The molecule has 1 N–H and O–H groups in total. The lowest BCUT2D eigenvalue weighted by Crippen LogP contribution is -2.16. The van der Waals surface area contributed by atoms with E-state index in [0.29, 0.717) is 46.0 Å². The van der Waals surface area contributed by atoms with E-state index in [1.54, 1.807) is 24.3 Å². The van der Waals surface area contributed by atoms with Crippen LogP contribution >= 0.6 is 22.9 Å². The minimum atomic E-state index is -0.204. The second-order valence-electron chi connectivity index (χ2n) is 5.76. The SMILES string of the molecule is Cc1nc(-c2cccc(Cl)c2)sc1C(=O)Nc1ccc2c(c1)OCCO2. The lowest BCUT2D eigenvalue weighted by Gasteiger charge is -2.18. The molecule has 5 nitrogen and oxygen atoms in total. The number of benzene rings is 2. The largest absolute Gasteiger partial charge is 0.486 e. The van der Waals surface area contributed by atoms with E-state index in [2.05, 4.69) is 10.3 Å². The zero-order chi connectivity index (χ0) is 18.1. The lowest BCUT2D eigenvalue weighted by molar-refractivity contribution is 0.102. The molecule has 0 fully saturated rings. The van der Waals surface area contributed by atoms with Gasteiger partial charge in [-0.15, -0.1) is 11.3 Å². The molecule has 0 bridgehead atoms. The highest BCUT2D eigenvalue weighted by Crippen LogP contribution is 2.34. The van der Waals surface area contributed by atoms with Gasteiger partial charge in [-0.3, -0.25) is 4.79 Å². The third kappa shape index (κ3) is 3.38. The van der Waals surface area contributed by atoms with Crippen LogP contribution in [0.3, 0.4) is 0 Å². The number of aryl methyl sites for hydroxylation is 1. The molecule has 4 rings (SSSR count). The smallest absolute Gasteiger partial charge is 0.267 e. The van der Waals surface area contributed by atoms with Gasteiger partial charge in [0.2, 0.25) is 0 Å². The van der Waals surface area contributed by atoms with Crippen molar-refractivity contribution in [2.24, 2.45) is 0 Å². The Labute approximate surface area is 159 Å². The Morgan fingerprint density at radius 2 is 1.96 bits per heavy atom. The van der Waals surface area contributed by atoms with E-state index in [1.165, 1.54) is 11.3 Å². The Morgan fingerprint density at radius 3 is 2.77 bits per heavy atom. The summed E-state index contributed by atoms with van der Waals surface area (Å²) in [6, 6.07) is 12.8. The van der Waals surface area contributed by atoms with Crippen molar-refractivity contribution in [1.29, 1.82) is 0 Å². The van der Waals surface area contributed by atoms with Crippen LogP contribution in [-0.2, 0) is 0 Å². The van der Waals surface area contributed by atoms with Gasteiger partial charge in [-0.05, 0) is 31.2 Å². The monoisotopic (exact) mass is 386 g/mol. The van der Waals surface area contributed by atoms with E-state index in [-0.39, 0.29) is 5.91 Å². The first-order chi connectivity index (χ1) is 12.6. The number of hydrogen-bond donors (Lipinski definition) is 1. The Bertz CT molecular complexity index is 987. The molecule has 3 aromatic rings. The summed E-state index contributed by atoms with van der Waals surface area (Å²) in [7, 11) is 0. The molecule has 0 radical (unpaired) electrons. The zero-order valence-corrected chi connectivity index (χ0v) is 15.5. The summed E-state index contributed by atoms with van der Waals surface area (Å²) in [5.74, 6) is 1.12. The van der Waals surface area contributed by atoms with Crippen LogP contribution in [0.5, 0.6) is 11.5 Å². The molecule has 2 aromatic carbocycles. The second kappa shape index (κ2) is 6.97. The van der Waals surface area contributed by atoms with Crippen LogP contribution in [0.4, 0.5) is 5.69 Å². The quantitative estimate of drug-likeness (QED) is 0.702. The number of amides is 1. The standard InChI is InChI=1S/C19H15ClN2O3S/c1-11-17(26-19(21-11)12-3-2-4-13(20)9-12)18(23)22-14-5-6-15-16(10-14)25-8-7-24-15/h2-6,9-10H,7-8H2,1H3,(H,22,23). The van der Waals surface area contributed by atoms with Crippen molar-refractivity contribution in [3.05, 3.63) is 58.1 Å². The molecular formula is C19H15ClN2O3S. The van der Waals surface area contributed by atoms with Crippen LogP contribution in [0.1, 0.15) is 15.4 Å². The van der Waals surface area contributed by atoms with Gasteiger partial charge in [0, 0.05) is 22.3 Å². The number of aromatic nitrogens is 1. The Kier molecular flexibility index (Phi) is 4.53. The van der Waals surface area contributed by atoms with Gasteiger partial charge in [0.05, 0.1) is 5.69 Å². The molecule has 132 valence electrons. The van der Waals surface area contributed by atoms with Crippen LogP contribution in [0, 0.1) is 6.92 Å². The number of fused-ring (bicyclic) bond motifs is 1. The number of rotatable bonds is 3. The van der Waals surface area contributed by atoms with Crippen molar-refractivity contribution in [1.82, 2.24) is 4.98 Å². The van der Waals surface area contributed by atoms with Crippen molar-refractivity contribution in [2.45, 2.75) is 6.92 Å². The van der Waals surface area contributed by atoms with Crippen LogP contribution in [0.2, 0.25) is 5.02 Å². The van der Waals surface area contributed by atoms with E-state index in [1.807, 2.05) is 25.1 Å². The highest BCUT2D eigenvalue weighted by atomic mass is 35.5. The number of nitrogens with zero attached hydrogens (tertiary/aromatic N) is 1. The molecule has 0 saturated carbocycles. The molecule has 0 aliphatic carbocycles. The maximum Gasteiger partial charge on any atom is 0.267 e. The fraction of sp³-hybridized carbons (Fsp3) is 0.158. The fourth-order valence-corrected chi connectivity index (χ4v) is 3.81. The van der Waals surface area contributed by atoms with Crippen molar-refractivity contribution in [3.63, 3.8) is 0 Å². The third-order valence-corrected chi connectivity index (χ3v) is 5.31. The normalized spacial score (nSPS) is 12.7. The molecule has 0 saturated heterocycles. The predicted molar refractivity (Wildman–Crippen MR) is 103 cm³/mol. The molecule has 2 heterocycles. The van der Waals surface area contributed by atoms with Crippen LogP contribution in [0.15, 0.2) is 42.5 Å². The van der Waals surface area contributed by atoms with Crippen LogP contribution in [-0.4, -0.2) is 24.1 Å². The summed E-state index contributed by atoms with van der Waals surface area (Å²) in [6.07, 6.45) is 0. The van der Waals surface area contributed by atoms with Gasteiger partial charge in [0.1, 0.15) is 23.1 Å². The first kappa shape index (κ1) is 16.9. The van der Waals surface area contributed by atoms with Gasteiger partial charge in [-0.2, -0.15) is 0 Å². The summed E-state index contributed by atoms with van der Waals surface area (Å²) in [4.78, 5) is 17.7. The molecule has 26 heavy (non-hydrogen) atoms. The molecule has 1 aliphatic heterocycles. The Balaban J connectivity index is 1.57. The Morgan fingerprint density at radius 1 is 1.15 bits per heavy atom. The van der Waals surface area contributed by atoms with E-state index >= 15 is 0 Å². The van der Waals surface area contributed by atoms with Gasteiger partial charge in [-0.1, -0.05) is 23.7 Å². The number of thiazole rings is 1. The lowest BCUT2D eigenvalue weighted by atomic mass is 10.2. The summed E-state index contributed by atoms with van der Waals surface area (Å²) in [5, 5.41) is 4.29. The van der Waals surface area contributed by atoms with Gasteiger partial charge in [-0.25, -0.2) is 4.98 Å². The molecular weight excluding hydrogens is 372 g/mol. The summed E-state index contributed by atoms with van der Waals surface area (Å²) in [5.41, 5.74) is 2.22. The number of carbonyl (C=O) groups is 1. The second-order valence-corrected chi connectivity index (χ2v) is 7.19. The summed E-state index contributed by atoms with van der Waals surface area (Å²) in [6.45, 7) is 2.86. The highest BCUT2D eigenvalue weighted by molar-refractivity contribution is 7.17. The van der Waals surface area contributed by atoms with Crippen LogP contribution < -0.4 is 14.8 Å². The highest BCUT2D eigenvalue weighted by Gasteiger charge is 2.18. The van der Waals surface area contributed by atoms with Gasteiger partial charge >= 0.3 is 0 Å². The van der Waals surface area contributed by atoms with Crippen LogP contribution in [0.25, 0.3) is 10.6 Å². The topological polar surface area (TPSA) is 60.5 Å². The molecule has 1 aromatic heterocycles. The average Bonchev–Trinajstić information content (AvgIpc) is 3.03. The first-order valence-corrected chi connectivity index (χ1v) is 9.24. The van der Waals surface area contributed by atoms with Crippen molar-refractivity contribution in [3.8, 4) is 22.1 Å². The van der Waals surface area contributed by atoms with Crippen molar-refractivity contribution in [2.75, 3.05) is 18.5 Å². The third-order valence-electron chi connectivity index (χ3n) is 3.87. The van der Waals surface area contributed by atoms with Gasteiger partial charge in [0.25, 0.3) is 5.91 Å². The molecule has 0 atom stereocenters. The van der Waals surface area contributed by atoms with Crippen molar-refractivity contribution >= 4 is 34.5 Å². The number of anilines is 1. The van der Waals surface area contributed by atoms with E-state index in [0.717, 1.165) is 10.6 Å². The maximum atomic E-state index is 12.7. The van der Waals surface area contributed by atoms with E-state index < -0.39 is 0 Å². The predicted octanol–water partition coefficient (Wildman–Crippen LogP) is 4.80. The minimum Gasteiger partial charge on any atom is -0.486 e. The zero-order valence-electron chi connectivity index (χ0n) is 13.9. The molecule has 0 unspecified atom stereocenters. The molecule has 1 amide bonds. The molecule has 7 heteroatoms. The summed E-state index contributed by atoms with van der Waals surface area (Å²) < 4.78 is 11.0. The number of halogens is 1. The van der Waals surface area contributed by atoms with E-state index in [9.17, 15) is 4.79 Å². The van der Waals surface area contributed by atoms with Gasteiger partial charge < -0.3 is 14.8 Å². The maximum absolute atomic E-state index is 12.7. The molecule has 0 spiro atoms. The van der Waals surface area contributed by atoms with E-state index in [4.69, 9.17) is 21.1 Å².